The van der Waals surface area contributed by atoms with Crippen molar-refractivity contribution in [1.29, 1.82) is 0 Å². The zero-order valence-corrected chi connectivity index (χ0v) is 9.71. The average Bonchev–Trinajstić information content (AvgIpc) is 2.80. The van der Waals surface area contributed by atoms with Crippen LogP contribution in [0.25, 0.3) is 0 Å². The van der Waals surface area contributed by atoms with Crippen molar-refractivity contribution in [2.24, 2.45) is 0 Å². The fourth-order valence-electron chi connectivity index (χ4n) is 2.33. The highest BCUT2D eigenvalue weighted by Crippen LogP contribution is 2.22. The highest BCUT2D eigenvalue weighted by atomic mass is 16.5. The Morgan fingerprint density at radius 3 is 3.18 bits per heavy atom. The molecule has 1 aromatic rings. The molecule has 1 unspecified atom stereocenters. The van der Waals surface area contributed by atoms with Crippen LogP contribution >= 0.6 is 0 Å². The van der Waals surface area contributed by atoms with E-state index in [0.29, 0.717) is 24.8 Å². The van der Waals surface area contributed by atoms with Gasteiger partial charge >= 0.3 is 5.97 Å². The van der Waals surface area contributed by atoms with E-state index in [1.807, 2.05) is 0 Å². The van der Waals surface area contributed by atoms with Crippen LogP contribution in [-0.2, 0) is 11.3 Å². The summed E-state index contributed by atoms with van der Waals surface area (Å²) < 4.78 is 4.71. The number of carbonyl (C=O) groups is 1. The fourth-order valence-corrected chi connectivity index (χ4v) is 2.33. The molecule has 1 N–H and O–H groups in total. The number of piperidine rings is 1. The molecule has 2 rings (SSSR count). The lowest BCUT2D eigenvalue weighted by molar-refractivity contribution is -0.137. The maximum Gasteiger partial charge on any atom is 0.303 e. The van der Waals surface area contributed by atoms with Gasteiger partial charge in [-0.15, -0.1) is 0 Å². The quantitative estimate of drug-likeness (QED) is 0.834. The lowest BCUT2D eigenvalue weighted by Crippen LogP contribution is -2.39. The van der Waals surface area contributed by atoms with Crippen molar-refractivity contribution < 1.29 is 14.4 Å². The molecule has 0 bridgehead atoms. The van der Waals surface area contributed by atoms with Crippen molar-refractivity contribution in [1.82, 2.24) is 15.0 Å². The first-order valence-corrected chi connectivity index (χ1v) is 5.97. The maximum atomic E-state index is 10.6. The van der Waals surface area contributed by atoms with Crippen molar-refractivity contribution in [2.45, 2.75) is 44.7 Å². The number of carboxylic acids is 1. The van der Waals surface area contributed by atoms with Crippen LogP contribution in [0.1, 0.15) is 37.9 Å². The normalized spacial score (nSPS) is 21.5. The van der Waals surface area contributed by atoms with E-state index in [1.165, 1.54) is 12.8 Å². The Morgan fingerprint density at radius 2 is 2.47 bits per heavy atom. The van der Waals surface area contributed by atoms with Crippen LogP contribution in [0.4, 0.5) is 0 Å². The standard InChI is InChI=1S/C11H17N3O3/c15-11(16)5-4-9-3-1-2-6-14(9)7-10-12-8-17-13-10/h8-9H,1-7H2,(H,15,16). The molecule has 1 aliphatic rings. The minimum atomic E-state index is -0.727. The molecule has 2 heterocycles. The SMILES string of the molecule is O=C(O)CCC1CCCCN1Cc1ncon1. The molecule has 94 valence electrons. The Kier molecular flexibility index (Phi) is 4.08. The molecule has 1 atom stereocenters. The second kappa shape index (κ2) is 5.77. The molecule has 1 fully saturated rings. The first kappa shape index (κ1) is 12.0. The van der Waals surface area contributed by atoms with E-state index in [0.717, 1.165) is 19.4 Å². The molecule has 0 aliphatic carbocycles. The first-order valence-electron chi connectivity index (χ1n) is 5.97. The predicted molar refractivity (Wildman–Crippen MR) is 59.2 cm³/mol. The van der Waals surface area contributed by atoms with E-state index in [2.05, 4.69) is 15.0 Å². The third kappa shape index (κ3) is 3.52. The predicted octanol–water partition coefficient (Wildman–Crippen LogP) is 1.29. The van der Waals surface area contributed by atoms with E-state index >= 15 is 0 Å². The lowest BCUT2D eigenvalue weighted by Gasteiger charge is -2.34. The number of likely N-dealkylation sites (tertiary alicyclic amines) is 1. The van der Waals surface area contributed by atoms with Crippen LogP contribution in [0, 0.1) is 0 Å². The van der Waals surface area contributed by atoms with Gasteiger partial charge in [-0.1, -0.05) is 11.6 Å². The van der Waals surface area contributed by atoms with Gasteiger partial charge in [0.05, 0.1) is 6.54 Å². The van der Waals surface area contributed by atoms with Crippen LogP contribution in [0.2, 0.25) is 0 Å². The van der Waals surface area contributed by atoms with Gasteiger partial charge in [-0.25, -0.2) is 0 Å². The molecule has 1 aliphatic heterocycles. The molecule has 0 radical (unpaired) electrons. The van der Waals surface area contributed by atoms with Gasteiger partial charge in [0, 0.05) is 12.5 Å². The topological polar surface area (TPSA) is 79.5 Å². The molecule has 0 spiro atoms. The van der Waals surface area contributed by atoms with E-state index in [9.17, 15) is 4.79 Å². The van der Waals surface area contributed by atoms with Gasteiger partial charge in [0.25, 0.3) is 0 Å². The maximum absolute atomic E-state index is 10.6. The van der Waals surface area contributed by atoms with Crippen LogP contribution in [0.5, 0.6) is 0 Å². The van der Waals surface area contributed by atoms with E-state index < -0.39 is 5.97 Å². The number of aromatic nitrogens is 2. The Balaban J connectivity index is 1.89. The number of rotatable bonds is 5. The molecule has 1 aromatic heterocycles. The lowest BCUT2D eigenvalue weighted by atomic mass is 9.98. The van der Waals surface area contributed by atoms with Gasteiger partial charge in [-0.05, 0) is 25.8 Å². The third-order valence-corrected chi connectivity index (χ3v) is 3.19. The largest absolute Gasteiger partial charge is 0.481 e. The molecule has 1 saturated heterocycles. The van der Waals surface area contributed by atoms with E-state index in [4.69, 9.17) is 9.63 Å². The number of hydrogen-bond donors (Lipinski definition) is 1. The molecule has 6 nitrogen and oxygen atoms in total. The molecule has 0 amide bonds. The van der Waals surface area contributed by atoms with Crippen molar-refractivity contribution >= 4 is 5.97 Å². The van der Waals surface area contributed by atoms with Gasteiger partial charge in [0.15, 0.2) is 5.82 Å². The number of hydrogen-bond acceptors (Lipinski definition) is 5. The summed E-state index contributed by atoms with van der Waals surface area (Å²) in [5.74, 6) is -0.0534. The first-order chi connectivity index (χ1) is 8.25. The second-order valence-corrected chi connectivity index (χ2v) is 4.40. The van der Waals surface area contributed by atoms with Crippen molar-refractivity contribution in [2.75, 3.05) is 6.54 Å². The van der Waals surface area contributed by atoms with Gasteiger partial charge in [-0.3, -0.25) is 9.69 Å². The monoisotopic (exact) mass is 239 g/mol. The summed E-state index contributed by atoms with van der Waals surface area (Å²) in [7, 11) is 0. The van der Waals surface area contributed by atoms with Crippen LogP contribution in [0.3, 0.4) is 0 Å². The smallest absolute Gasteiger partial charge is 0.303 e. The zero-order chi connectivity index (χ0) is 12.1. The Bertz CT molecular complexity index is 353. The highest BCUT2D eigenvalue weighted by Gasteiger charge is 2.23. The molecular weight excluding hydrogens is 222 g/mol. The molecular formula is C11H17N3O3. The molecule has 0 saturated carbocycles. The van der Waals surface area contributed by atoms with Crippen LogP contribution < -0.4 is 0 Å². The number of carboxylic acid groups (broad SMARTS) is 1. The summed E-state index contributed by atoms with van der Waals surface area (Å²) in [4.78, 5) is 16.9. The summed E-state index contributed by atoms with van der Waals surface area (Å²) in [5, 5.41) is 12.5. The number of aliphatic carboxylic acids is 1. The summed E-state index contributed by atoms with van der Waals surface area (Å²) in [6.07, 6.45) is 5.64. The highest BCUT2D eigenvalue weighted by molar-refractivity contribution is 5.66. The van der Waals surface area contributed by atoms with E-state index in [1.54, 1.807) is 0 Å². The van der Waals surface area contributed by atoms with Crippen molar-refractivity contribution in [3.8, 4) is 0 Å². The minimum absolute atomic E-state index is 0.230. The zero-order valence-electron chi connectivity index (χ0n) is 9.71. The van der Waals surface area contributed by atoms with Crippen molar-refractivity contribution in [3.05, 3.63) is 12.2 Å². The van der Waals surface area contributed by atoms with E-state index in [-0.39, 0.29) is 6.42 Å². The van der Waals surface area contributed by atoms with Gasteiger partial charge in [0.2, 0.25) is 6.39 Å². The minimum Gasteiger partial charge on any atom is -0.481 e. The van der Waals surface area contributed by atoms with Crippen LogP contribution in [0.15, 0.2) is 10.9 Å². The summed E-state index contributed by atoms with van der Waals surface area (Å²) in [6.45, 7) is 1.64. The number of nitrogens with zero attached hydrogens (tertiary/aromatic N) is 3. The van der Waals surface area contributed by atoms with Gasteiger partial charge in [0.1, 0.15) is 0 Å². The fraction of sp³-hybridized carbons (Fsp3) is 0.727. The van der Waals surface area contributed by atoms with Gasteiger partial charge < -0.3 is 9.63 Å². The molecule has 17 heavy (non-hydrogen) atoms. The van der Waals surface area contributed by atoms with Crippen LogP contribution in [-0.4, -0.2) is 38.7 Å². The second-order valence-electron chi connectivity index (χ2n) is 4.40. The Morgan fingerprint density at radius 1 is 1.59 bits per heavy atom. The Labute approximate surface area is 99.6 Å². The summed E-state index contributed by atoms with van der Waals surface area (Å²) in [6, 6.07) is 0.332. The van der Waals surface area contributed by atoms with Crippen molar-refractivity contribution in [3.63, 3.8) is 0 Å². The third-order valence-electron chi connectivity index (χ3n) is 3.19. The van der Waals surface area contributed by atoms with Gasteiger partial charge in [-0.2, -0.15) is 4.98 Å². The molecule has 0 aromatic carbocycles. The summed E-state index contributed by atoms with van der Waals surface area (Å²) >= 11 is 0. The Hall–Kier alpha value is -1.43. The summed E-state index contributed by atoms with van der Waals surface area (Å²) in [5.41, 5.74) is 0. The molecule has 6 heteroatoms. The average molecular weight is 239 g/mol.